The zero-order chi connectivity index (χ0) is 18.8. The fourth-order valence-electron chi connectivity index (χ4n) is 2.54. The highest BCUT2D eigenvalue weighted by Crippen LogP contribution is 2.37. The number of alkyl halides is 6. The smallest absolute Gasteiger partial charge is 0.304 e. The molecule has 1 N–H and O–H groups in total. The van der Waals surface area contributed by atoms with Gasteiger partial charge in [0.15, 0.2) is 0 Å². The van der Waals surface area contributed by atoms with Gasteiger partial charge >= 0.3 is 12.4 Å². The van der Waals surface area contributed by atoms with E-state index in [4.69, 9.17) is 0 Å². The minimum Gasteiger partial charge on any atom is -0.304 e. The van der Waals surface area contributed by atoms with Gasteiger partial charge in [-0.15, -0.1) is 0 Å². The first kappa shape index (κ1) is 19.3. The summed E-state index contributed by atoms with van der Waals surface area (Å²) >= 11 is 0. The summed E-state index contributed by atoms with van der Waals surface area (Å²) in [5.74, 6) is 0. The molecule has 0 aliphatic carbocycles. The number of nitrogens with one attached hydrogen (secondary N) is 1. The summed E-state index contributed by atoms with van der Waals surface area (Å²) in [7, 11) is 0. The van der Waals surface area contributed by atoms with Crippen molar-refractivity contribution in [1.29, 1.82) is 0 Å². The fraction of sp³-hybridized carbons (Fsp3) is 0.333. The molecule has 2 aromatic carbocycles. The molecule has 0 heterocycles. The highest BCUT2D eigenvalue weighted by atomic mass is 19.4. The van der Waals surface area contributed by atoms with Crippen LogP contribution in [0.1, 0.15) is 48.2 Å². The Morgan fingerprint density at radius 2 is 1.12 bits per heavy atom. The van der Waals surface area contributed by atoms with Gasteiger partial charge in [0, 0.05) is 12.1 Å². The molecular weight excluding hydrogens is 344 g/mol. The second-order valence-corrected chi connectivity index (χ2v) is 5.86. The highest BCUT2D eigenvalue weighted by molar-refractivity contribution is 5.35. The predicted molar refractivity (Wildman–Crippen MR) is 82.9 cm³/mol. The Morgan fingerprint density at radius 3 is 1.56 bits per heavy atom. The van der Waals surface area contributed by atoms with Gasteiger partial charge in [0.25, 0.3) is 0 Å². The summed E-state index contributed by atoms with van der Waals surface area (Å²) in [6.45, 7) is 3.33. The van der Waals surface area contributed by atoms with E-state index >= 15 is 0 Å². The van der Waals surface area contributed by atoms with E-state index in [-0.39, 0.29) is 17.7 Å². The van der Waals surface area contributed by atoms with E-state index in [9.17, 15) is 26.3 Å². The van der Waals surface area contributed by atoms with Crippen LogP contribution < -0.4 is 5.32 Å². The Labute approximate surface area is 141 Å². The average molecular weight is 361 g/mol. The van der Waals surface area contributed by atoms with E-state index in [1.807, 2.05) is 30.3 Å². The Morgan fingerprint density at radius 1 is 0.680 bits per heavy atom. The van der Waals surface area contributed by atoms with Gasteiger partial charge in [-0.25, -0.2) is 0 Å². The van der Waals surface area contributed by atoms with Crippen LogP contribution in [0.25, 0.3) is 0 Å². The SMILES string of the molecule is C[C@H](N[C@@H](C)c1cc(C(F)(F)F)cc(C(F)(F)F)c1)c1ccccc1. The number of rotatable bonds is 4. The van der Waals surface area contributed by atoms with Gasteiger partial charge in [0.1, 0.15) is 0 Å². The third-order valence-electron chi connectivity index (χ3n) is 3.91. The van der Waals surface area contributed by atoms with Crippen molar-refractivity contribution in [2.45, 2.75) is 38.3 Å². The monoisotopic (exact) mass is 361 g/mol. The average Bonchev–Trinajstić information content (AvgIpc) is 2.53. The van der Waals surface area contributed by atoms with Crippen LogP contribution in [0.2, 0.25) is 0 Å². The summed E-state index contributed by atoms with van der Waals surface area (Å²) < 4.78 is 77.6. The number of halogens is 6. The molecule has 0 bridgehead atoms. The van der Waals surface area contributed by atoms with E-state index in [0.29, 0.717) is 0 Å². The van der Waals surface area contributed by atoms with E-state index < -0.39 is 29.5 Å². The van der Waals surface area contributed by atoms with Crippen molar-refractivity contribution in [3.8, 4) is 0 Å². The maximum absolute atomic E-state index is 12.9. The Kier molecular flexibility index (Phi) is 5.46. The molecule has 0 spiro atoms. The van der Waals surface area contributed by atoms with Crippen LogP contribution in [-0.2, 0) is 12.4 Å². The first-order chi connectivity index (χ1) is 11.5. The van der Waals surface area contributed by atoms with Crippen molar-refractivity contribution >= 4 is 0 Å². The van der Waals surface area contributed by atoms with E-state index in [1.54, 1.807) is 6.92 Å². The second kappa shape index (κ2) is 7.07. The van der Waals surface area contributed by atoms with Gasteiger partial charge in [-0.05, 0) is 43.2 Å². The maximum atomic E-state index is 12.9. The molecule has 0 aliphatic rings. The molecule has 136 valence electrons. The van der Waals surface area contributed by atoms with Crippen LogP contribution in [-0.4, -0.2) is 0 Å². The zero-order valence-electron chi connectivity index (χ0n) is 13.5. The van der Waals surface area contributed by atoms with Crippen LogP contribution in [0.15, 0.2) is 48.5 Å². The van der Waals surface area contributed by atoms with Gasteiger partial charge in [0.05, 0.1) is 11.1 Å². The van der Waals surface area contributed by atoms with Gasteiger partial charge in [0.2, 0.25) is 0 Å². The summed E-state index contributed by atoms with van der Waals surface area (Å²) in [4.78, 5) is 0. The second-order valence-electron chi connectivity index (χ2n) is 5.86. The Hall–Kier alpha value is -2.02. The van der Waals surface area contributed by atoms with Crippen LogP contribution in [0.4, 0.5) is 26.3 Å². The fourth-order valence-corrected chi connectivity index (χ4v) is 2.54. The van der Waals surface area contributed by atoms with Crippen molar-refractivity contribution in [2.75, 3.05) is 0 Å². The first-order valence-corrected chi connectivity index (χ1v) is 7.59. The molecule has 2 atom stereocenters. The Balaban J connectivity index is 2.33. The lowest BCUT2D eigenvalue weighted by Crippen LogP contribution is -2.23. The summed E-state index contributed by atoms with van der Waals surface area (Å²) in [6, 6.07) is 9.82. The highest BCUT2D eigenvalue weighted by Gasteiger charge is 2.37. The minimum absolute atomic E-state index is 0.0649. The molecule has 0 amide bonds. The summed E-state index contributed by atoms with van der Waals surface area (Å²) in [6.07, 6.45) is -9.69. The summed E-state index contributed by atoms with van der Waals surface area (Å²) in [5.41, 5.74) is -1.79. The van der Waals surface area contributed by atoms with Gasteiger partial charge in [-0.1, -0.05) is 30.3 Å². The van der Waals surface area contributed by atoms with Crippen molar-refractivity contribution < 1.29 is 26.3 Å². The molecule has 7 heteroatoms. The molecule has 0 aromatic heterocycles. The number of hydrogen-bond acceptors (Lipinski definition) is 1. The maximum Gasteiger partial charge on any atom is 0.416 e. The predicted octanol–water partition coefficient (Wildman–Crippen LogP) is 6.14. The lowest BCUT2D eigenvalue weighted by molar-refractivity contribution is -0.143. The molecule has 0 saturated heterocycles. The molecule has 0 aliphatic heterocycles. The standard InChI is InChI=1S/C18H17F6N/c1-11(13-6-4-3-5-7-13)25-12(2)14-8-15(17(19,20)21)10-16(9-14)18(22,23)24/h3-12,25H,1-2H3/t11-,12-/m0/s1. The van der Waals surface area contributed by atoms with E-state index in [2.05, 4.69) is 5.32 Å². The zero-order valence-corrected chi connectivity index (χ0v) is 13.5. The van der Waals surface area contributed by atoms with Gasteiger partial charge in [-0.3, -0.25) is 0 Å². The van der Waals surface area contributed by atoms with Crippen LogP contribution in [0.5, 0.6) is 0 Å². The van der Waals surface area contributed by atoms with E-state index in [0.717, 1.165) is 17.7 Å². The van der Waals surface area contributed by atoms with Gasteiger partial charge < -0.3 is 5.32 Å². The largest absolute Gasteiger partial charge is 0.416 e. The molecule has 0 radical (unpaired) electrons. The molecule has 0 fully saturated rings. The summed E-state index contributed by atoms with van der Waals surface area (Å²) in [5, 5.41) is 3.04. The lowest BCUT2D eigenvalue weighted by Gasteiger charge is -2.23. The number of hydrogen-bond donors (Lipinski definition) is 1. The van der Waals surface area contributed by atoms with Crippen molar-refractivity contribution in [3.05, 3.63) is 70.8 Å². The normalized spacial score (nSPS) is 15.0. The quantitative estimate of drug-likeness (QED) is 0.646. The van der Waals surface area contributed by atoms with Crippen molar-refractivity contribution in [3.63, 3.8) is 0 Å². The molecule has 2 rings (SSSR count). The lowest BCUT2D eigenvalue weighted by atomic mass is 9.99. The minimum atomic E-state index is -4.85. The van der Waals surface area contributed by atoms with Gasteiger partial charge in [-0.2, -0.15) is 26.3 Å². The molecule has 0 saturated carbocycles. The van der Waals surface area contributed by atoms with Crippen LogP contribution >= 0.6 is 0 Å². The van der Waals surface area contributed by atoms with Crippen molar-refractivity contribution in [1.82, 2.24) is 5.32 Å². The first-order valence-electron chi connectivity index (χ1n) is 7.59. The number of benzene rings is 2. The third kappa shape index (κ3) is 4.98. The van der Waals surface area contributed by atoms with Crippen molar-refractivity contribution in [2.24, 2.45) is 0 Å². The van der Waals surface area contributed by atoms with Crippen LogP contribution in [0.3, 0.4) is 0 Å². The molecular formula is C18H17F6N. The van der Waals surface area contributed by atoms with E-state index in [1.165, 1.54) is 6.92 Å². The topological polar surface area (TPSA) is 12.0 Å². The molecule has 2 aromatic rings. The molecule has 0 unspecified atom stereocenters. The Bertz CT molecular complexity index is 673. The molecule has 1 nitrogen and oxygen atoms in total. The van der Waals surface area contributed by atoms with Crippen LogP contribution in [0, 0.1) is 0 Å². The third-order valence-corrected chi connectivity index (χ3v) is 3.91. The molecule has 25 heavy (non-hydrogen) atoms.